The number of hydrogen-bond donors (Lipinski definition) is 0. The molecular formula is C15H16N4. The predicted molar refractivity (Wildman–Crippen MR) is 75.3 cm³/mol. The Morgan fingerprint density at radius 2 is 1.95 bits per heavy atom. The van der Waals surface area contributed by atoms with E-state index < -0.39 is 0 Å². The van der Waals surface area contributed by atoms with Gasteiger partial charge in [0.1, 0.15) is 6.33 Å². The molecule has 0 saturated heterocycles. The molecule has 0 aliphatic heterocycles. The minimum atomic E-state index is 0.882. The fourth-order valence-electron chi connectivity index (χ4n) is 2.19. The molecule has 0 aliphatic carbocycles. The molecular weight excluding hydrogens is 236 g/mol. The van der Waals surface area contributed by atoms with Crippen LogP contribution >= 0.6 is 0 Å². The van der Waals surface area contributed by atoms with Crippen LogP contribution in [0.4, 0.5) is 0 Å². The number of nitrogens with zero attached hydrogens (tertiary/aromatic N) is 4. The van der Waals surface area contributed by atoms with Gasteiger partial charge in [0.15, 0.2) is 5.65 Å². The van der Waals surface area contributed by atoms with Crippen molar-refractivity contribution in [1.82, 2.24) is 19.7 Å². The van der Waals surface area contributed by atoms with E-state index in [1.165, 1.54) is 0 Å². The first-order chi connectivity index (χ1) is 9.40. The molecule has 4 heteroatoms. The Kier molecular flexibility index (Phi) is 3.23. The highest BCUT2D eigenvalue weighted by Gasteiger charge is 2.10. The van der Waals surface area contributed by atoms with E-state index in [-0.39, 0.29) is 0 Å². The summed E-state index contributed by atoms with van der Waals surface area (Å²) in [4.78, 5) is 8.76. The molecule has 19 heavy (non-hydrogen) atoms. The van der Waals surface area contributed by atoms with Crippen molar-refractivity contribution in [2.24, 2.45) is 0 Å². The van der Waals surface area contributed by atoms with Crippen molar-refractivity contribution in [2.75, 3.05) is 0 Å². The fraction of sp³-hybridized carbons (Fsp3) is 0.267. The number of hydrogen-bond acceptors (Lipinski definition) is 3. The Labute approximate surface area is 112 Å². The molecule has 2 heterocycles. The first-order valence-corrected chi connectivity index (χ1v) is 6.63. The highest BCUT2D eigenvalue weighted by atomic mass is 15.3. The van der Waals surface area contributed by atoms with Crippen molar-refractivity contribution >= 4 is 11.0 Å². The van der Waals surface area contributed by atoms with Gasteiger partial charge < -0.3 is 0 Å². The maximum absolute atomic E-state index is 4.45. The van der Waals surface area contributed by atoms with Gasteiger partial charge in [0.05, 0.1) is 23.0 Å². The third-order valence-electron chi connectivity index (χ3n) is 3.22. The summed E-state index contributed by atoms with van der Waals surface area (Å²) in [6.07, 6.45) is 6.79. The lowest BCUT2D eigenvalue weighted by atomic mass is 10.1. The van der Waals surface area contributed by atoms with Crippen LogP contribution in [-0.2, 0) is 6.42 Å². The molecule has 0 radical (unpaired) electrons. The summed E-state index contributed by atoms with van der Waals surface area (Å²) in [5.41, 5.74) is 3.00. The predicted octanol–water partition coefficient (Wildman–Crippen LogP) is 3.16. The van der Waals surface area contributed by atoms with Gasteiger partial charge in [0.25, 0.3) is 0 Å². The first kappa shape index (κ1) is 11.8. The van der Waals surface area contributed by atoms with Crippen molar-refractivity contribution in [3.05, 3.63) is 48.5 Å². The zero-order valence-corrected chi connectivity index (χ0v) is 11.0. The van der Waals surface area contributed by atoms with Gasteiger partial charge in [-0.25, -0.2) is 14.6 Å². The number of unbranched alkanes of at least 4 members (excludes halogenated alkanes) is 1. The van der Waals surface area contributed by atoms with E-state index in [9.17, 15) is 0 Å². The molecule has 0 aliphatic rings. The van der Waals surface area contributed by atoms with E-state index in [2.05, 4.69) is 22.0 Å². The third-order valence-corrected chi connectivity index (χ3v) is 3.22. The normalized spacial score (nSPS) is 11.0. The highest BCUT2D eigenvalue weighted by Crippen LogP contribution is 2.19. The average molecular weight is 252 g/mol. The van der Waals surface area contributed by atoms with Crippen LogP contribution in [0.25, 0.3) is 16.7 Å². The van der Waals surface area contributed by atoms with Gasteiger partial charge in [-0.2, -0.15) is 5.10 Å². The van der Waals surface area contributed by atoms with Crippen LogP contribution in [0.15, 0.2) is 42.9 Å². The quantitative estimate of drug-likeness (QED) is 0.716. The Morgan fingerprint density at radius 3 is 2.74 bits per heavy atom. The molecule has 4 nitrogen and oxygen atoms in total. The molecule has 3 aromatic rings. The molecule has 0 spiro atoms. The van der Waals surface area contributed by atoms with E-state index in [1.807, 2.05) is 41.2 Å². The van der Waals surface area contributed by atoms with Crippen molar-refractivity contribution in [3.63, 3.8) is 0 Å². The van der Waals surface area contributed by atoms with Crippen molar-refractivity contribution in [3.8, 4) is 5.69 Å². The van der Waals surface area contributed by atoms with Crippen LogP contribution in [0, 0.1) is 0 Å². The molecule has 0 bridgehead atoms. The van der Waals surface area contributed by atoms with Gasteiger partial charge in [-0.15, -0.1) is 0 Å². The summed E-state index contributed by atoms with van der Waals surface area (Å²) in [5.74, 6) is 0. The maximum Gasteiger partial charge on any atom is 0.166 e. The van der Waals surface area contributed by atoms with Crippen LogP contribution in [0.1, 0.15) is 25.5 Å². The third kappa shape index (κ3) is 2.21. The zero-order chi connectivity index (χ0) is 13.1. The molecule has 0 amide bonds. The molecule has 0 saturated carbocycles. The van der Waals surface area contributed by atoms with Gasteiger partial charge in [0, 0.05) is 0 Å². The summed E-state index contributed by atoms with van der Waals surface area (Å²) in [6, 6.07) is 10.1. The number of para-hydroxylation sites is 1. The molecule has 2 aromatic heterocycles. The highest BCUT2D eigenvalue weighted by molar-refractivity contribution is 5.78. The topological polar surface area (TPSA) is 43.6 Å². The molecule has 96 valence electrons. The molecule has 0 unspecified atom stereocenters. The summed E-state index contributed by atoms with van der Waals surface area (Å²) >= 11 is 0. The molecule has 0 atom stereocenters. The SMILES string of the molecule is CCCCc1ncnc2c1cnn2-c1ccccc1. The zero-order valence-electron chi connectivity index (χ0n) is 11.0. The standard InChI is InChI=1S/C15H16N4/c1-2-3-9-14-13-10-18-19(15(13)17-11-16-14)12-7-5-4-6-8-12/h4-8,10-11H,2-3,9H2,1H3. The molecule has 1 aromatic carbocycles. The first-order valence-electron chi connectivity index (χ1n) is 6.63. The van der Waals surface area contributed by atoms with E-state index in [1.54, 1.807) is 6.33 Å². The second kappa shape index (κ2) is 5.18. The Hall–Kier alpha value is -2.23. The van der Waals surface area contributed by atoms with Gasteiger partial charge in [0.2, 0.25) is 0 Å². The van der Waals surface area contributed by atoms with Crippen LogP contribution < -0.4 is 0 Å². The van der Waals surface area contributed by atoms with Gasteiger partial charge in [-0.05, 0) is 25.0 Å². The Balaban J connectivity index is 2.09. The molecule has 0 fully saturated rings. The van der Waals surface area contributed by atoms with E-state index in [0.29, 0.717) is 0 Å². The number of aryl methyl sites for hydroxylation is 1. The lowest BCUT2D eigenvalue weighted by molar-refractivity contribution is 0.779. The van der Waals surface area contributed by atoms with E-state index >= 15 is 0 Å². The minimum absolute atomic E-state index is 0.882. The summed E-state index contributed by atoms with van der Waals surface area (Å²) in [7, 11) is 0. The Bertz CT molecular complexity index is 673. The smallest absolute Gasteiger partial charge is 0.166 e. The second-order valence-corrected chi connectivity index (χ2v) is 4.55. The van der Waals surface area contributed by atoms with Crippen LogP contribution in [0.3, 0.4) is 0 Å². The minimum Gasteiger partial charge on any atom is -0.241 e. The lowest BCUT2D eigenvalue weighted by Gasteiger charge is -2.03. The maximum atomic E-state index is 4.45. The van der Waals surface area contributed by atoms with Gasteiger partial charge in [-0.3, -0.25) is 0 Å². The van der Waals surface area contributed by atoms with E-state index in [4.69, 9.17) is 0 Å². The monoisotopic (exact) mass is 252 g/mol. The summed E-state index contributed by atoms with van der Waals surface area (Å²) in [6.45, 7) is 2.19. The number of fused-ring (bicyclic) bond motifs is 1. The fourth-order valence-corrected chi connectivity index (χ4v) is 2.19. The average Bonchev–Trinajstić information content (AvgIpc) is 2.90. The molecule has 0 N–H and O–H groups in total. The van der Waals surface area contributed by atoms with Gasteiger partial charge >= 0.3 is 0 Å². The largest absolute Gasteiger partial charge is 0.241 e. The molecule has 3 rings (SSSR count). The van der Waals surface area contributed by atoms with E-state index in [0.717, 1.165) is 41.7 Å². The number of rotatable bonds is 4. The van der Waals surface area contributed by atoms with Gasteiger partial charge in [-0.1, -0.05) is 31.5 Å². The Morgan fingerprint density at radius 1 is 1.11 bits per heavy atom. The number of benzene rings is 1. The van der Waals surface area contributed by atoms with Crippen molar-refractivity contribution in [1.29, 1.82) is 0 Å². The van der Waals surface area contributed by atoms with Crippen LogP contribution in [-0.4, -0.2) is 19.7 Å². The van der Waals surface area contributed by atoms with Crippen LogP contribution in [0.2, 0.25) is 0 Å². The summed E-state index contributed by atoms with van der Waals surface area (Å²) < 4.78 is 1.87. The number of aromatic nitrogens is 4. The van der Waals surface area contributed by atoms with Crippen molar-refractivity contribution < 1.29 is 0 Å². The van der Waals surface area contributed by atoms with Crippen LogP contribution in [0.5, 0.6) is 0 Å². The van der Waals surface area contributed by atoms with Crippen molar-refractivity contribution in [2.45, 2.75) is 26.2 Å². The lowest BCUT2D eigenvalue weighted by Crippen LogP contribution is -1.98. The summed E-state index contributed by atoms with van der Waals surface area (Å²) in [5, 5.41) is 5.50. The second-order valence-electron chi connectivity index (χ2n) is 4.55.